The summed E-state index contributed by atoms with van der Waals surface area (Å²) in [6.07, 6.45) is 0.731. The first-order valence-electron chi connectivity index (χ1n) is 2.29. The smallest absolute Gasteiger partial charge is 0.234 e. The quantitative estimate of drug-likeness (QED) is 0.576. The zero-order chi connectivity index (χ0) is 6.20. The zero-order valence-electron chi connectivity index (χ0n) is 4.44. The van der Waals surface area contributed by atoms with Gasteiger partial charge in [-0.05, 0) is 6.42 Å². The number of hydrogen-bond donors (Lipinski definition) is 0. The van der Waals surface area contributed by atoms with Crippen LogP contribution in [0, 0.1) is 0 Å². The summed E-state index contributed by atoms with van der Waals surface area (Å²) in [6, 6.07) is 0. The van der Waals surface area contributed by atoms with E-state index in [0.717, 1.165) is 6.42 Å². The molecule has 54 valence electrons. The van der Waals surface area contributed by atoms with E-state index in [9.17, 15) is 0 Å². The van der Waals surface area contributed by atoms with E-state index in [4.69, 9.17) is 39.5 Å². The van der Waals surface area contributed by atoms with Gasteiger partial charge in [0.1, 0.15) is 0 Å². The first kappa shape index (κ1) is 10.4. The second-order valence-electron chi connectivity index (χ2n) is 1.67. The van der Waals surface area contributed by atoms with E-state index in [2.05, 4.69) is 0 Å². The molecule has 1 rings (SSSR count). The van der Waals surface area contributed by atoms with Crippen molar-refractivity contribution in [1.82, 2.24) is 0 Å². The monoisotopic (exact) mass is 226 g/mol. The summed E-state index contributed by atoms with van der Waals surface area (Å²) in [5, 5.41) is -0.258. The molecule has 0 amide bonds. The molecular formula is C4H5Cl3CrO. The Morgan fingerprint density at radius 2 is 2.00 bits per heavy atom. The maximum absolute atomic E-state index is 5.61. The topological polar surface area (TPSA) is 9.23 Å². The summed E-state index contributed by atoms with van der Waals surface area (Å²) in [6.45, 7) is 0.557. The molecule has 1 heterocycles. The van der Waals surface area contributed by atoms with Gasteiger partial charge in [0.15, 0.2) is 0 Å². The summed E-state index contributed by atoms with van der Waals surface area (Å²) in [7, 11) is 0. The molecule has 1 saturated heterocycles. The molecule has 0 spiro atoms. The van der Waals surface area contributed by atoms with Gasteiger partial charge in [0, 0.05) is 17.4 Å². The number of halogens is 3. The van der Waals surface area contributed by atoms with Crippen LogP contribution in [0.1, 0.15) is 6.42 Å². The second kappa shape index (κ2) is 3.67. The van der Waals surface area contributed by atoms with E-state index in [0.29, 0.717) is 6.61 Å². The van der Waals surface area contributed by atoms with Crippen LogP contribution in [0.2, 0.25) is 0 Å². The molecule has 0 radical (unpaired) electrons. The summed E-state index contributed by atoms with van der Waals surface area (Å²) >= 11 is 16.7. The molecule has 1 fully saturated rings. The van der Waals surface area contributed by atoms with Gasteiger partial charge >= 0.3 is 0 Å². The van der Waals surface area contributed by atoms with Gasteiger partial charge in [-0.15, -0.1) is 11.6 Å². The van der Waals surface area contributed by atoms with Gasteiger partial charge in [-0.25, -0.2) is 0 Å². The zero-order valence-corrected chi connectivity index (χ0v) is 7.98. The molecule has 1 aliphatic rings. The van der Waals surface area contributed by atoms with Crippen LogP contribution in [0.25, 0.3) is 0 Å². The van der Waals surface area contributed by atoms with Gasteiger partial charge in [0.05, 0.1) is 12.0 Å². The number of alkyl halides is 3. The first-order chi connectivity index (χ1) is 3.63. The molecule has 0 aliphatic carbocycles. The van der Waals surface area contributed by atoms with Gasteiger partial charge in [0.25, 0.3) is 0 Å². The summed E-state index contributed by atoms with van der Waals surface area (Å²) in [5.74, 6) is 0. The fourth-order valence-corrected chi connectivity index (χ4v) is 1.08. The van der Waals surface area contributed by atoms with Gasteiger partial charge in [-0.3, -0.25) is 0 Å². The number of hydrogen-bond acceptors (Lipinski definition) is 1. The van der Waals surface area contributed by atoms with Crippen molar-refractivity contribution < 1.29 is 22.1 Å². The Kier molecular flexibility index (Phi) is 4.22. The summed E-state index contributed by atoms with van der Waals surface area (Å²) < 4.78 is 3.71. The molecule has 1 atom stereocenters. The molecule has 0 N–H and O–H groups in total. The Bertz CT molecular complexity index is 97.8. The van der Waals surface area contributed by atoms with Crippen molar-refractivity contribution in [1.29, 1.82) is 0 Å². The molecule has 5 heteroatoms. The van der Waals surface area contributed by atoms with Crippen molar-refractivity contribution in [3.8, 4) is 0 Å². The Morgan fingerprint density at radius 1 is 1.44 bits per heavy atom. The predicted octanol–water partition coefficient (Wildman–Crippen LogP) is 2.14. The summed E-state index contributed by atoms with van der Waals surface area (Å²) in [4.78, 5) is 0. The van der Waals surface area contributed by atoms with Crippen LogP contribution >= 0.6 is 34.8 Å². The van der Waals surface area contributed by atoms with E-state index < -0.39 is 4.52 Å². The molecule has 1 unspecified atom stereocenters. The van der Waals surface area contributed by atoms with E-state index >= 15 is 0 Å². The Balaban J connectivity index is 0.000000640. The Labute approximate surface area is 79.7 Å². The summed E-state index contributed by atoms with van der Waals surface area (Å²) in [5.41, 5.74) is 0. The van der Waals surface area contributed by atoms with E-state index in [1.807, 2.05) is 0 Å². The average molecular weight is 227 g/mol. The maximum Gasteiger partial charge on any atom is 0.234 e. The van der Waals surface area contributed by atoms with E-state index in [-0.39, 0.29) is 22.7 Å². The van der Waals surface area contributed by atoms with Crippen LogP contribution < -0.4 is 0 Å². The molecule has 9 heavy (non-hydrogen) atoms. The Morgan fingerprint density at radius 3 is 2.11 bits per heavy atom. The normalized spacial score (nSPS) is 31.7. The van der Waals surface area contributed by atoms with Crippen molar-refractivity contribution in [2.24, 2.45) is 0 Å². The fourth-order valence-electron chi connectivity index (χ4n) is 0.557. The fraction of sp³-hybridized carbons (Fsp3) is 1.00. The molecule has 0 bridgehead atoms. The molecule has 0 saturated carbocycles. The third kappa shape index (κ3) is 2.46. The van der Waals surface area contributed by atoms with Crippen molar-refractivity contribution >= 4 is 34.8 Å². The minimum atomic E-state index is -1.14. The minimum Gasteiger partial charge on any atom is -0.345 e. The third-order valence-corrected chi connectivity index (χ3v) is 2.52. The molecular weight excluding hydrogens is 222 g/mol. The van der Waals surface area contributed by atoms with Crippen LogP contribution in [0.5, 0.6) is 0 Å². The van der Waals surface area contributed by atoms with Crippen molar-refractivity contribution in [3.63, 3.8) is 0 Å². The molecule has 0 aromatic carbocycles. The van der Waals surface area contributed by atoms with Crippen molar-refractivity contribution in [3.05, 3.63) is 0 Å². The van der Waals surface area contributed by atoms with E-state index in [1.54, 1.807) is 0 Å². The first-order valence-corrected chi connectivity index (χ1v) is 3.48. The average Bonchev–Trinajstić information content (AvgIpc) is 1.86. The maximum atomic E-state index is 5.61. The van der Waals surface area contributed by atoms with Crippen LogP contribution in [0.4, 0.5) is 0 Å². The van der Waals surface area contributed by atoms with Gasteiger partial charge in [0.2, 0.25) is 4.52 Å². The minimum absolute atomic E-state index is 0. The Hall–Kier alpha value is 1.36. The van der Waals surface area contributed by atoms with Crippen molar-refractivity contribution in [2.75, 3.05) is 6.61 Å². The standard InChI is InChI=1S/C4H5Cl3O.Cr/c5-3-1-2-8-4(3,6)7;/h3H,1-2H2;. The second-order valence-corrected chi connectivity index (χ2v) is 3.51. The SMILES string of the molecule is ClC1CCOC1(Cl)Cl.[Cr]. The molecule has 1 nitrogen and oxygen atoms in total. The number of ether oxygens (including phenoxy) is 1. The third-order valence-electron chi connectivity index (χ3n) is 1.03. The molecule has 0 aromatic heterocycles. The van der Waals surface area contributed by atoms with Gasteiger partial charge in [-0.1, -0.05) is 23.2 Å². The van der Waals surface area contributed by atoms with E-state index in [1.165, 1.54) is 0 Å². The van der Waals surface area contributed by atoms with Gasteiger partial charge in [-0.2, -0.15) is 0 Å². The van der Waals surface area contributed by atoms with Crippen LogP contribution in [-0.4, -0.2) is 16.5 Å². The molecule has 0 aromatic rings. The van der Waals surface area contributed by atoms with Crippen LogP contribution in [0.3, 0.4) is 0 Å². The van der Waals surface area contributed by atoms with Gasteiger partial charge < -0.3 is 4.74 Å². The van der Waals surface area contributed by atoms with Crippen LogP contribution in [0.15, 0.2) is 0 Å². The predicted molar refractivity (Wildman–Crippen MR) is 34.6 cm³/mol. The largest absolute Gasteiger partial charge is 0.345 e. The molecule has 1 aliphatic heterocycles. The van der Waals surface area contributed by atoms with Crippen LogP contribution in [-0.2, 0) is 22.1 Å². The van der Waals surface area contributed by atoms with Crippen molar-refractivity contribution in [2.45, 2.75) is 16.3 Å². The number of rotatable bonds is 0.